The molecule has 1 heterocycles. The molecule has 0 saturated heterocycles. The number of nitrogens with one attached hydrogen (secondary N) is 1. The summed E-state index contributed by atoms with van der Waals surface area (Å²) in [6.07, 6.45) is 1.02. The number of hydrogen-bond donors (Lipinski definition) is 1. The highest BCUT2D eigenvalue weighted by Crippen LogP contribution is 2.23. The Balaban J connectivity index is 2.45. The molecule has 0 saturated carbocycles. The summed E-state index contributed by atoms with van der Waals surface area (Å²) in [4.78, 5) is 9.07. The van der Waals surface area contributed by atoms with E-state index in [1.54, 1.807) is 13.0 Å². The minimum absolute atomic E-state index is 0.228. The summed E-state index contributed by atoms with van der Waals surface area (Å²) < 4.78 is 13.8. The minimum Gasteiger partial charge on any atom is -0.370 e. The van der Waals surface area contributed by atoms with Gasteiger partial charge in [-0.1, -0.05) is 32.9 Å². The molecule has 1 aromatic heterocycles. The average Bonchev–Trinajstić information content (AvgIpc) is 2.47. The molecule has 0 aliphatic rings. The molecule has 21 heavy (non-hydrogen) atoms. The van der Waals surface area contributed by atoms with Gasteiger partial charge in [-0.15, -0.1) is 0 Å². The molecule has 2 rings (SSSR count). The van der Waals surface area contributed by atoms with Crippen molar-refractivity contribution in [3.8, 4) is 11.4 Å². The van der Waals surface area contributed by atoms with Crippen LogP contribution in [0.3, 0.4) is 0 Å². The maximum absolute atomic E-state index is 13.8. The Hall–Kier alpha value is -1.97. The third kappa shape index (κ3) is 3.78. The molecule has 2 aromatic rings. The summed E-state index contributed by atoms with van der Waals surface area (Å²) in [5.41, 5.74) is 2.29. The second-order valence-corrected chi connectivity index (χ2v) is 5.55. The molecule has 0 unspecified atom stereocenters. The standard InChI is InChI=1S/C17H22FN3/c1-5-8-19-16-10-15(11(2)3)20-17(21-16)13-7-6-12(4)14(18)9-13/h6-7,9-11H,5,8H2,1-4H3,(H,19,20,21). The molecule has 0 aliphatic carbocycles. The van der Waals surface area contributed by atoms with Gasteiger partial charge in [0, 0.05) is 23.9 Å². The molecule has 1 aromatic carbocycles. The molecule has 112 valence electrons. The van der Waals surface area contributed by atoms with E-state index in [-0.39, 0.29) is 5.82 Å². The van der Waals surface area contributed by atoms with Gasteiger partial charge >= 0.3 is 0 Å². The Labute approximate surface area is 125 Å². The van der Waals surface area contributed by atoms with E-state index in [1.165, 1.54) is 6.07 Å². The second-order valence-electron chi connectivity index (χ2n) is 5.55. The first-order valence-corrected chi connectivity index (χ1v) is 7.40. The highest BCUT2D eigenvalue weighted by atomic mass is 19.1. The monoisotopic (exact) mass is 287 g/mol. The van der Waals surface area contributed by atoms with Crippen LogP contribution in [-0.4, -0.2) is 16.5 Å². The smallest absolute Gasteiger partial charge is 0.161 e. The van der Waals surface area contributed by atoms with Gasteiger partial charge in [0.05, 0.1) is 0 Å². The molecular weight excluding hydrogens is 265 g/mol. The van der Waals surface area contributed by atoms with Crippen molar-refractivity contribution in [2.45, 2.75) is 40.0 Å². The molecule has 0 fully saturated rings. The Morgan fingerprint density at radius 1 is 1.19 bits per heavy atom. The molecule has 0 radical (unpaired) electrons. The molecule has 0 bridgehead atoms. The average molecular weight is 287 g/mol. The predicted octanol–water partition coefficient (Wildman–Crippen LogP) is 4.54. The van der Waals surface area contributed by atoms with Gasteiger partial charge in [-0.3, -0.25) is 0 Å². The van der Waals surface area contributed by atoms with E-state index in [4.69, 9.17) is 0 Å². The lowest BCUT2D eigenvalue weighted by Gasteiger charge is -2.12. The van der Waals surface area contributed by atoms with Crippen LogP contribution in [0.1, 0.15) is 44.4 Å². The van der Waals surface area contributed by atoms with Crippen LogP contribution in [0.25, 0.3) is 11.4 Å². The molecule has 4 heteroatoms. The number of hydrogen-bond acceptors (Lipinski definition) is 3. The van der Waals surface area contributed by atoms with Crippen molar-refractivity contribution in [1.82, 2.24) is 9.97 Å². The van der Waals surface area contributed by atoms with Crippen molar-refractivity contribution in [2.75, 3.05) is 11.9 Å². The normalized spacial score (nSPS) is 11.0. The predicted molar refractivity (Wildman–Crippen MR) is 85.0 cm³/mol. The summed E-state index contributed by atoms with van der Waals surface area (Å²) in [5.74, 6) is 1.43. The summed E-state index contributed by atoms with van der Waals surface area (Å²) >= 11 is 0. The molecule has 1 N–H and O–H groups in total. The molecule has 0 spiro atoms. The van der Waals surface area contributed by atoms with Gasteiger partial charge in [0.15, 0.2) is 5.82 Å². The fourth-order valence-electron chi connectivity index (χ4n) is 1.97. The van der Waals surface area contributed by atoms with Crippen molar-refractivity contribution < 1.29 is 4.39 Å². The molecule has 0 atom stereocenters. The van der Waals surface area contributed by atoms with E-state index >= 15 is 0 Å². The highest BCUT2D eigenvalue weighted by Gasteiger charge is 2.10. The largest absolute Gasteiger partial charge is 0.370 e. The van der Waals surface area contributed by atoms with Gasteiger partial charge in [0.25, 0.3) is 0 Å². The van der Waals surface area contributed by atoms with Crippen LogP contribution in [0.5, 0.6) is 0 Å². The first-order chi connectivity index (χ1) is 10.0. The van der Waals surface area contributed by atoms with Gasteiger partial charge in [-0.25, -0.2) is 14.4 Å². The molecule has 0 amide bonds. The summed E-state index contributed by atoms with van der Waals surface area (Å²) in [7, 11) is 0. The Morgan fingerprint density at radius 2 is 1.95 bits per heavy atom. The van der Waals surface area contributed by atoms with Crippen molar-refractivity contribution in [2.24, 2.45) is 0 Å². The van der Waals surface area contributed by atoms with E-state index < -0.39 is 0 Å². The lowest BCUT2D eigenvalue weighted by Crippen LogP contribution is -2.06. The van der Waals surface area contributed by atoms with Crippen LogP contribution in [0.4, 0.5) is 10.2 Å². The number of benzene rings is 1. The van der Waals surface area contributed by atoms with Crippen LogP contribution in [0.2, 0.25) is 0 Å². The van der Waals surface area contributed by atoms with Crippen molar-refractivity contribution >= 4 is 5.82 Å². The number of anilines is 1. The zero-order chi connectivity index (χ0) is 15.4. The topological polar surface area (TPSA) is 37.8 Å². The van der Waals surface area contributed by atoms with Crippen molar-refractivity contribution in [1.29, 1.82) is 0 Å². The van der Waals surface area contributed by atoms with Gasteiger partial charge in [-0.2, -0.15) is 0 Å². The zero-order valence-corrected chi connectivity index (χ0v) is 13.1. The minimum atomic E-state index is -0.228. The van der Waals surface area contributed by atoms with E-state index in [0.717, 1.165) is 24.5 Å². The van der Waals surface area contributed by atoms with Gasteiger partial charge in [-0.05, 0) is 30.9 Å². The second kappa shape index (κ2) is 6.66. The number of halogens is 1. The SMILES string of the molecule is CCCNc1cc(C(C)C)nc(-c2ccc(C)c(F)c2)n1. The summed E-state index contributed by atoms with van der Waals surface area (Å²) in [6.45, 7) is 8.89. The molecule has 3 nitrogen and oxygen atoms in total. The lowest BCUT2D eigenvalue weighted by molar-refractivity contribution is 0.619. The van der Waals surface area contributed by atoms with Crippen LogP contribution in [0.15, 0.2) is 24.3 Å². The zero-order valence-electron chi connectivity index (χ0n) is 13.1. The fourth-order valence-corrected chi connectivity index (χ4v) is 1.97. The summed E-state index contributed by atoms with van der Waals surface area (Å²) in [5, 5.41) is 3.28. The van der Waals surface area contributed by atoms with E-state index in [9.17, 15) is 4.39 Å². The summed E-state index contributed by atoms with van der Waals surface area (Å²) in [6, 6.07) is 7.09. The van der Waals surface area contributed by atoms with Gasteiger partial charge in [0.2, 0.25) is 0 Å². The third-order valence-electron chi connectivity index (χ3n) is 3.32. The van der Waals surface area contributed by atoms with Crippen LogP contribution in [-0.2, 0) is 0 Å². The quantitative estimate of drug-likeness (QED) is 0.877. The van der Waals surface area contributed by atoms with Crippen LogP contribution < -0.4 is 5.32 Å². The highest BCUT2D eigenvalue weighted by molar-refractivity contribution is 5.58. The fraction of sp³-hybridized carbons (Fsp3) is 0.412. The Morgan fingerprint density at radius 3 is 2.57 bits per heavy atom. The van der Waals surface area contributed by atoms with Gasteiger partial charge in [0.1, 0.15) is 11.6 Å². The number of aromatic nitrogens is 2. The lowest BCUT2D eigenvalue weighted by atomic mass is 10.1. The molecule has 0 aliphatic heterocycles. The first kappa shape index (κ1) is 15.4. The van der Waals surface area contributed by atoms with Crippen molar-refractivity contribution in [3.05, 3.63) is 41.3 Å². The van der Waals surface area contributed by atoms with Crippen molar-refractivity contribution in [3.63, 3.8) is 0 Å². The Kier molecular flexibility index (Phi) is 4.89. The Bertz CT molecular complexity index is 623. The van der Waals surface area contributed by atoms with Crippen LogP contribution >= 0.6 is 0 Å². The molecular formula is C17H22FN3. The maximum Gasteiger partial charge on any atom is 0.161 e. The number of nitrogens with zero attached hydrogens (tertiary/aromatic N) is 2. The van der Waals surface area contributed by atoms with E-state index in [2.05, 4.69) is 36.1 Å². The van der Waals surface area contributed by atoms with E-state index in [0.29, 0.717) is 22.9 Å². The maximum atomic E-state index is 13.8. The van der Waals surface area contributed by atoms with E-state index in [1.807, 2.05) is 12.1 Å². The first-order valence-electron chi connectivity index (χ1n) is 7.40. The van der Waals surface area contributed by atoms with Gasteiger partial charge < -0.3 is 5.32 Å². The third-order valence-corrected chi connectivity index (χ3v) is 3.32. The number of aryl methyl sites for hydroxylation is 1. The van der Waals surface area contributed by atoms with Crippen LogP contribution in [0, 0.1) is 12.7 Å². The number of rotatable bonds is 5.